The molecule has 1 heterocycles. The van der Waals surface area contributed by atoms with Gasteiger partial charge in [0.1, 0.15) is 5.75 Å². The number of rotatable bonds is 6. The maximum atomic E-state index is 12.3. The minimum atomic E-state index is -3.33. The standard InChI is InChI=1S/C21H22BrN3O5S/c1-13-12-25(21(27)23-20(13)26)17-10-15(19(30-2)18(22)11-17)7-4-14-5-8-16(9-6-14)24-31(3,28)29/h4-11,13,24H,12H2,1-3H3,(H,23,26,27)/b7-4+. The number of methoxy groups -OCH3 is 1. The van der Waals surface area contributed by atoms with Crippen molar-refractivity contribution >= 4 is 61.4 Å². The summed E-state index contributed by atoms with van der Waals surface area (Å²) in [5.74, 6) is -0.0173. The van der Waals surface area contributed by atoms with E-state index in [0.717, 1.165) is 17.4 Å². The number of ether oxygens (including phenoxy) is 1. The highest BCUT2D eigenvalue weighted by molar-refractivity contribution is 9.10. The molecule has 2 N–H and O–H groups in total. The van der Waals surface area contributed by atoms with Gasteiger partial charge in [-0.3, -0.25) is 19.7 Å². The van der Waals surface area contributed by atoms with Crippen LogP contribution in [0.5, 0.6) is 5.75 Å². The molecule has 1 aliphatic rings. The van der Waals surface area contributed by atoms with E-state index in [2.05, 4.69) is 26.0 Å². The van der Waals surface area contributed by atoms with E-state index in [1.165, 1.54) is 4.90 Å². The lowest BCUT2D eigenvalue weighted by molar-refractivity contribution is -0.123. The third-order valence-corrected chi connectivity index (χ3v) is 5.82. The van der Waals surface area contributed by atoms with E-state index in [0.29, 0.717) is 21.6 Å². The van der Waals surface area contributed by atoms with Crippen LogP contribution in [0.1, 0.15) is 18.1 Å². The van der Waals surface area contributed by atoms with Gasteiger partial charge in [0.05, 0.1) is 23.8 Å². The lowest BCUT2D eigenvalue weighted by atomic mass is 10.1. The molecule has 0 bridgehead atoms. The number of hydrogen-bond donors (Lipinski definition) is 2. The Hall–Kier alpha value is -2.85. The number of hydrogen-bond acceptors (Lipinski definition) is 5. The first kappa shape index (κ1) is 22.8. The van der Waals surface area contributed by atoms with Gasteiger partial charge in [-0.25, -0.2) is 13.2 Å². The Bertz CT molecular complexity index is 1150. The van der Waals surface area contributed by atoms with Crippen molar-refractivity contribution in [1.82, 2.24) is 5.32 Å². The molecule has 3 amide bonds. The monoisotopic (exact) mass is 507 g/mol. The minimum absolute atomic E-state index is 0.279. The van der Waals surface area contributed by atoms with Crippen molar-refractivity contribution in [3.8, 4) is 5.75 Å². The van der Waals surface area contributed by atoms with Crippen molar-refractivity contribution in [2.24, 2.45) is 5.92 Å². The second kappa shape index (κ2) is 9.11. The molecule has 1 unspecified atom stereocenters. The van der Waals surface area contributed by atoms with Gasteiger partial charge in [0, 0.05) is 23.5 Å². The first-order valence-electron chi connectivity index (χ1n) is 9.33. The molecule has 2 aromatic rings. The van der Waals surface area contributed by atoms with Crippen molar-refractivity contribution in [2.45, 2.75) is 6.92 Å². The van der Waals surface area contributed by atoms with E-state index in [4.69, 9.17) is 4.74 Å². The van der Waals surface area contributed by atoms with Gasteiger partial charge < -0.3 is 4.74 Å². The lowest BCUT2D eigenvalue weighted by Gasteiger charge is -2.31. The summed E-state index contributed by atoms with van der Waals surface area (Å²) >= 11 is 3.49. The zero-order chi connectivity index (χ0) is 22.8. The molecule has 164 valence electrons. The summed E-state index contributed by atoms with van der Waals surface area (Å²) in [4.78, 5) is 25.6. The van der Waals surface area contributed by atoms with E-state index in [9.17, 15) is 18.0 Å². The Kier molecular flexibility index (Phi) is 6.71. The zero-order valence-corrected chi connectivity index (χ0v) is 19.6. The fraction of sp³-hybridized carbons (Fsp3) is 0.238. The molecule has 3 rings (SSSR count). The van der Waals surface area contributed by atoms with Gasteiger partial charge in [0.15, 0.2) is 0 Å². The van der Waals surface area contributed by atoms with Gasteiger partial charge in [0.25, 0.3) is 0 Å². The van der Waals surface area contributed by atoms with Gasteiger partial charge in [-0.15, -0.1) is 0 Å². The molecular formula is C21H22BrN3O5S. The number of carbonyl (C=O) groups excluding carboxylic acids is 2. The maximum absolute atomic E-state index is 12.3. The number of sulfonamides is 1. The number of benzene rings is 2. The molecule has 10 heteroatoms. The molecule has 0 saturated carbocycles. The minimum Gasteiger partial charge on any atom is -0.495 e. The average molecular weight is 508 g/mol. The molecule has 1 saturated heterocycles. The van der Waals surface area contributed by atoms with Gasteiger partial charge >= 0.3 is 6.03 Å². The zero-order valence-electron chi connectivity index (χ0n) is 17.2. The van der Waals surface area contributed by atoms with Crippen LogP contribution in [0, 0.1) is 5.92 Å². The number of nitrogens with zero attached hydrogens (tertiary/aromatic N) is 1. The summed E-state index contributed by atoms with van der Waals surface area (Å²) < 4.78 is 31.2. The number of halogens is 1. The van der Waals surface area contributed by atoms with Crippen molar-refractivity contribution in [1.29, 1.82) is 0 Å². The topological polar surface area (TPSA) is 105 Å². The van der Waals surface area contributed by atoms with Crippen molar-refractivity contribution in [3.63, 3.8) is 0 Å². The summed E-state index contributed by atoms with van der Waals surface area (Å²) in [5.41, 5.74) is 2.67. The van der Waals surface area contributed by atoms with Crippen LogP contribution in [0.25, 0.3) is 12.2 Å². The van der Waals surface area contributed by atoms with Crippen LogP contribution in [0.15, 0.2) is 40.9 Å². The summed E-state index contributed by atoms with van der Waals surface area (Å²) in [6.07, 6.45) is 4.78. The van der Waals surface area contributed by atoms with Gasteiger partial charge in [-0.1, -0.05) is 31.2 Å². The van der Waals surface area contributed by atoms with Gasteiger partial charge in [0.2, 0.25) is 15.9 Å². The lowest BCUT2D eigenvalue weighted by Crippen LogP contribution is -2.53. The van der Waals surface area contributed by atoms with Crippen LogP contribution in [0.3, 0.4) is 0 Å². The summed E-state index contributed by atoms with van der Waals surface area (Å²) in [5, 5.41) is 2.36. The first-order valence-corrected chi connectivity index (χ1v) is 12.0. The van der Waals surface area contributed by atoms with Crippen LogP contribution in [0.2, 0.25) is 0 Å². The highest BCUT2D eigenvalue weighted by atomic mass is 79.9. The Morgan fingerprint density at radius 3 is 2.48 bits per heavy atom. The third-order valence-electron chi connectivity index (χ3n) is 4.62. The summed E-state index contributed by atoms with van der Waals surface area (Å²) in [6, 6.07) is 10.00. The Labute approximate surface area is 189 Å². The molecule has 31 heavy (non-hydrogen) atoms. The number of urea groups is 1. The Morgan fingerprint density at radius 2 is 1.87 bits per heavy atom. The molecule has 0 radical (unpaired) electrons. The number of amides is 3. The largest absolute Gasteiger partial charge is 0.495 e. The highest BCUT2D eigenvalue weighted by Gasteiger charge is 2.30. The molecule has 0 aliphatic carbocycles. The van der Waals surface area contributed by atoms with Crippen LogP contribution in [-0.4, -0.2) is 40.3 Å². The van der Waals surface area contributed by atoms with Gasteiger partial charge in [-0.2, -0.15) is 0 Å². The third kappa shape index (κ3) is 5.65. The molecule has 1 atom stereocenters. The predicted octanol–water partition coefficient (Wildman–Crippen LogP) is 3.69. The summed E-state index contributed by atoms with van der Waals surface area (Å²) in [7, 11) is -1.78. The number of imide groups is 1. The Balaban J connectivity index is 1.90. The second-order valence-corrected chi connectivity index (χ2v) is 9.79. The van der Waals surface area contributed by atoms with Crippen LogP contribution in [0.4, 0.5) is 16.2 Å². The molecule has 2 aromatic carbocycles. The molecule has 8 nitrogen and oxygen atoms in total. The van der Waals surface area contributed by atoms with Crippen LogP contribution < -0.4 is 19.7 Å². The SMILES string of the molecule is COc1c(Br)cc(N2CC(C)C(=O)NC2=O)cc1/C=C/c1ccc(NS(C)(=O)=O)cc1. The van der Waals surface area contributed by atoms with Crippen molar-refractivity contribution < 1.29 is 22.7 Å². The molecule has 1 aliphatic heterocycles. The molecule has 0 aromatic heterocycles. The van der Waals surface area contributed by atoms with Crippen molar-refractivity contribution in [2.75, 3.05) is 29.5 Å². The maximum Gasteiger partial charge on any atom is 0.328 e. The fourth-order valence-electron chi connectivity index (χ4n) is 3.12. The van der Waals surface area contributed by atoms with E-state index in [1.54, 1.807) is 44.4 Å². The van der Waals surface area contributed by atoms with E-state index >= 15 is 0 Å². The first-order chi connectivity index (χ1) is 14.6. The average Bonchev–Trinajstić information content (AvgIpc) is 2.68. The van der Waals surface area contributed by atoms with Gasteiger partial charge in [-0.05, 0) is 45.8 Å². The fourth-order valence-corrected chi connectivity index (χ4v) is 4.31. The quantitative estimate of drug-likeness (QED) is 0.580. The molecule has 0 spiro atoms. The summed E-state index contributed by atoms with van der Waals surface area (Å²) in [6.45, 7) is 2.04. The molecule has 1 fully saturated rings. The Morgan fingerprint density at radius 1 is 1.19 bits per heavy atom. The van der Waals surface area contributed by atoms with E-state index in [-0.39, 0.29) is 18.4 Å². The highest BCUT2D eigenvalue weighted by Crippen LogP contribution is 2.36. The second-order valence-electron chi connectivity index (χ2n) is 7.19. The normalized spacial score (nSPS) is 17.0. The van der Waals surface area contributed by atoms with Crippen molar-refractivity contribution in [3.05, 3.63) is 52.0 Å². The molecular weight excluding hydrogens is 486 g/mol. The van der Waals surface area contributed by atoms with E-state index < -0.39 is 16.1 Å². The van der Waals surface area contributed by atoms with Crippen LogP contribution >= 0.6 is 15.9 Å². The van der Waals surface area contributed by atoms with Crippen LogP contribution in [-0.2, 0) is 14.8 Å². The van der Waals surface area contributed by atoms with E-state index in [1.807, 2.05) is 18.2 Å². The number of carbonyl (C=O) groups is 2. The number of anilines is 2. The predicted molar refractivity (Wildman–Crippen MR) is 125 cm³/mol. The smallest absolute Gasteiger partial charge is 0.328 e. The number of nitrogens with one attached hydrogen (secondary N) is 2.